The van der Waals surface area contributed by atoms with Crippen LogP contribution in [0.15, 0.2) is 48.5 Å². The molecule has 2 atom stereocenters. The number of alkyl carbamates (subject to hydrolysis) is 1. The first-order valence-electron chi connectivity index (χ1n) is 12.3. The van der Waals surface area contributed by atoms with E-state index in [4.69, 9.17) is 4.74 Å². The van der Waals surface area contributed by atoms with Gasteiger partial charge in [0.2, 0.25) is 5.91 Å². The largest absolute Gasteiger partial charge is 0.481 e. The fourth-order valence-corrected chi connectivity index (χ4v) is 4.59. The Morgan fingerprint density at radius 2 is 1.51 bits per heavy atom. The summed E-state index contributed by atoms with van der Waals surface area (Å²) < 4.78 is 5.62. The summed E-state index contributed by atoms with van der Waals surface area (Å²) in [6, 6.07) is 15.8. The topological polar surface area (TPSA) is 105 Å². The molecule has 0 aliphatic heterocycles. The van der Waals surface area contributed by atoms with Crippen molar-refractivity contribution in [3.63, 3.8) is 0 Å². The first-order valence-corrected chi connectivity index (χ1v) is 12.3. The Morgan fingerprint density at radius 1 is 0.943 bits per heavy atom. The third kappa shape index (κ3) is 6.84. The molecule has 3 N–H and O–H groups in total. The van der Waals surface area contributed by atoms with E-state index in [-0.39, 0.29) is 43.2 Å². The molecule has 7 nitrogen and oxygen atoms in total. The number of rotatable bonds is 11. The summed E-state index contributed by atoms with van der Waals surface area (Å²) >= 11 is 0. The molecule has 0 saturated carbocycles. The summed E-state index contributed by atoms with van der Waals surface area (Å²) in [4.78, 5) is 36.6. The second-order valence-electron chi connectivity index (χ2n) is 9.99. The molecule has 188 valence electrons. The molecule has 0 heterocycles. The lowest BCUT2D eigenvalue weighted by Gasteiger charge is -2.23. The fourth-order valence-electron chi connectivity index (χ4n) is 4.59. The molecule has 0 bridgehead atoms. The van der Waals surface area contributed by atoms with E-state index in [0.29, 0.717) is 6.42 Å². The van der Waals surface area contributed by atoms with Gasteiger partial charge >= 0.3 is 12.1 Å². The van der Waals surface area contributed by atoms with E-state index in [1.54, 1.807) is 0 Å². The van der Waals surface area contributed by atoms with E-state index in [1.807, 2.05) is 52.0 Å². The predicted molar refractivity (Wildman–Crippen MR) is 135 cm³/mol. The SMILES string of the molecule is CC(C)CC(CNC(=O)C[C@@H](NC(=O)OCC1c2ccccc2-c2ccccc21)C(C)C)C(=O)O. The minimum Gasteiger partial charge on any atom is -0.481 e. The van der Waals surface area contributed by atoms with E-state index in [2.05, 4.69) is 34.9 Å². The normalized spacial score (nSPS) is 14.2. The van der Waals surface area contributed by atoms with Crippen LogP contribution in [-0.2, 0) is 14.3 Å². The highest BCUT2D eigenvalue weighted by Gasteiger charge is 2.30. The number of fused-ring (bicyclic) bond motifs is 3. The smallest absolute Gasteiger partial charge is 0.407 e. The summed E-state index contributed by atoms with van der Waals surface area (Å²) in [5.41, 5.74) is 4.59. The molecule has 35 heavy (non-hydrogen) atoms. The Balaban J connectivity index is 1.55. The molecular weight excluding hydrogens is 444 g/mol. The second kappa shape index (κ2) is 11.9. The molecule has 1 aliphatic carbocycles. The highest BCUT2D eigenvalue weighted by Crippen LogP contribution is 2.44. The summed E-state index contributed by atoms with van der Waals surface area (Å²) in [5, 5.41) is 14.9. The van der Waals surface area contributed by atoms with Gasteiger partial charge in [0.1, 0.15) is 6.61 Å². The number of carbonyl (C=O) groups is 3. The molecular formula is C28H36N2O5. The van der Waals surface area contributed by atoms with Gasteiger partial charge in [-0.3, -0.25) is 9.59 Å². The zero-order chi connectivity index (χ0) is 25.5. The van der Waals surface area contributed by atoms with Crippen molar-refractivity contribution in [2.75, 3.05) is 13.2 Å². The third-order valence-corrected chi connectivity index (χ3v) is 6.51. The Kier molecular flexibility index (Phi) is 8.90. The molecule has 2 aromatic rings. The van der Waals surface area contributed by atoms with Crippen LogP contribution >= 0.6 is 0 Å². The molecule has 7 heteroatoms. The second-order valence-corrected chi connectivity index (χ2v) is 9.99. The van der Waals surface area contributed by atoms with Crippen molar-refractivity contribution >= 4 is 18.0 Å². The minimum atomic E-state index is -0.920. The van der Waals surface area contributed by atoms with Gasteiger partial charge in [-0.25, -0.2) is 4.79 Å². The van der Waals surface area contributed by atoms with Crippen molar-refractivity contribution in [3.8, 4) is 11.1 Å². The van der Waals surface area contributed by atoms with Gasteiger partial charge in [-0.15, -0.1) is 0 Å². The maximum absolute atomic E-state index is 12.7. The van der Waals surface area contributed by atoms with Crippen LogP contribution in [0.2, 0.25) is 0 Å². The number of hydrogen-bond donors (Lipinski definition) is 3. The van der Waals surface area contributed by atoms with Gasteiger partial charge in [0.05, 0.1) is 5.92 Å². The van der Waals surface area contributed by atoms with E-state index in [0.717, 1.165) is 22.3 Å². The van der Waals surface area contributed by atoms with Crippen LogP contribution in [0.3, 0.4) is 0 Å². The van der Waals surface area contributed by atoms with Crippen molar-refractivity contribution in [2.45, 2.75) is 52.5 Å². The van der Waals surface area contributed by atoms with Gasteiger partial charge in [0, 0.05) is 24.9 Å². The minimum absolute atomic E-state index is 0.00725. The van der Waals surface area contributed by atoms with Crippen LogP contribution < -0.4 is 10.6 Å². The molecule has 3 rings (SSSR count). The lowest BCUT2D eigenvalue weighted by Crippen LogP contribution is -2.43. The number of carboxylic acids is 1. The Morgan fingerprint density at radius 3 is 2.03 bits per heavy atom. The fraction of sp³-hybridized carbons (Fsp3) is 0.464. The summed E-state index contributed by atoms with van der Waals surface area (Å²) in [5.74, 6) is -1.68. The zero-order valence-corrected chi connectivity index (χ0v) is 20.9. The van der Waals surface area contributed by atoms with E-state index in [1.165, 1.54) is 0 Å². The van der Waals surface area contributed by atoms with Gasteiger partial charge in [-0.2, -0.15) is 0 Å². The number of nitrogens with one attached hydrogen (secondary N) is 2. The third-order valence-electron chi connectivity index (χ3n) is 6.51. The number of hydrogen-bond acceptors (Lipinski definition) is 4. The van der Waals surface area contributed by atoms with Gasteiger partial charge in [0.25, 0.3) is 0 Å². The molecule has 0 spiro atoms. The number of aliphatic carboxylic acids is 1. The lowest BCUT2D eigenvalue weighted by molar-refractivity contribution is -0.142. The number of carbonyl (C=O) groups excluding carboxylic acids is 2. The maximum atomic E-state index is 12.7. The molecule has 0 fully saturated rings. The van der Waals surface area contributed by atoms with E-state index >= 15 is 0 Å². The van der Waals surface area contributed by atoms with Gasteiger partial charge in [0.15, 0.2) is 0 Å². The van der Waals surface area contributed by atoms with Crippen molar-refractivity contribution in [2.24, 2.45) is 17.8 Å². The molecule has 1 aliphatic rings. The number of carboxylic acid groups (broad SMARTS) is 1. The van der Waals surface area contributed by atoms with Crippen LogP contribution in [0.1, 0.15) is 57.6 Å². The number of ether oxygens (including phenoxy) is 1. The van der Waals surface area contributed by atoms with Crippen LogP contribution in [0, 0.1) is 17.8 Å². The van der Waals surface area contributed by atoms with Crippen LogP contribution in [0.25, 0.3) is 11.1 Å². The first-order chi connectivity index (χ1) is 16.7. The Bertz CT molecular complexity index is 1000. The average molecular weight is 481 g/mol. The lowest BCUT2D eigenvalue weighted by atomic mass is 9.96. The summed E-state index contributed by atoms with van der Waals surface area (Å²) in [6.45, 7) is 8.01. The summed E-state index contributed by atoms with van der Waals surface area (Å²) in [7, 11) is 0. The van der Waals surface area contributed by atoms with Gasteiger partial charge < -0.3 is 20.5 Å². The highest BCUT2D eigenvalue weighted by molar-refractivity contribution is 5.80. The van der Waals surface area contributed by atoms with E-state index < -0.39 is 24.0 Å². The van der Waals surface area contributed by atoms with Gasteiger partial charge in [-0.1, -0.05) is 76.2 Å². The maximum Gasteiger partial charge on any atom is 0.407 e. The Hall–Kier alpha value is -3.35. The quantitative estimate of drug-likeness (QED) is 0.428. The van der Waals surface area contributed by atoms with Crippen molar-refractivity contribution in [1.82, 2.24) is 10.6 Å². The summed E-state index contributed by atoms with van der Waals surface area (Å²) in [6.07, 6.45) is -0.0292. The first kappa shape index (κ1) is 26.3. The van der Waals surface area contributed by atoms with E-state index in [9.17, 15) is 19.5 Å². The van der Waals surface area contributed by atoms with Crippen LogP contribution in [0.5, 0.6) is 0 Å². The number of benzene rings is 2. The number of amides is 2. The Labute approximate surface area is 207 Å². The monoisotopic (exact) mass is 480 g/mol. The van der Waals surface area contributed by atoms with Crippen LogP contribution in [-0.4, -0.2) is 42.3 Å². The van der Waals surface area contributed by atoms with Crippen molar-refractivity contribution in [1.29, 1.82) is 0 Å². The predicted octanol–water partition coefficient (Wildman–Crippen LogP) is 4.80. The zero-order valence-electron chi connectivity index (χ0n) is 20.9. The molecule has 2 aromatic carbocycles. The van der Waals surface area contributed by atoms with Crippen molar-refractivity contribution < 1.29 is 24.2 Å². The van der Waals surface area contributed by atoms with Crippen molar-refractivity contribution in [3.05, 3.63) is 59.7 Å². The molecule has 1 unspecified atom stereocenters. The average Bonchev–Trinajstić information content (AvgIpc) is 3.13. The van der Waals surface area contributed by atoms with Gasteiger partial charge in [-0.05, 0) is 40.5 Å². The molecule has 0 aromatic heterocycles. The standard InChI is InChI=1S/C28H36N2O5/c1-17(2)13-19(27(32)33)15-29-26(31)14-25(18(3)4)30-28(34)35-16-24-22-11-7-5-9-20(22)21-10-6-8-12-23(21)24/h5-12,17-19,24-25H,13-16H2,1-4H3,(H,29,31)(H,30,34)(H,32,33)/t19?,25-/m1/s1. The highest BCUT2D eigenvalue weighted by atomic mass is 16.5. The van der Waals surface area contributed by atoms with Crippen LogP contribution in [0.4, 0.5) is 4.79 Å². The molecule has 2 amide bonds. The molecule has 0 saturated heterocycles. The molecule has 0 radical (unpaired) electrons.